The zero-order valence-corrected chi connectivity index (χ0v) is 14.1. The fourth-order valence-electron chi connectivity index (χ4n) is 3.31. The van der Waals surface area contributed by atoms with Crippen LogP contribution in [0.25, 0.3) is 0 Å². The lowest BCUT2D eigenvalue weighted by atomic mass is 10.1. The van der Waals surface area contributed by atoms with Gasteiger partial charge in [-0.25, -0.2) is 0 Å². The predicted octanol–water partition coefficient (Wildman–Crippen LogP) is 5.26. The molecule has 1 atom stereocenters. The molecular formula is C19H25NOS. The molecule has 2 aromatic rings. The van der Waals surface area contributed by atoms with Crippen molar-refractivity contribution in [2.45, 2.75) is 45.2 Å². The second kappa shape index (κ2) is 7.80. The predicted molar refractivity (Wildman–Crippen MR) is 93.5 cm³/mol. The quantitative estimate of drug-likeness (QED) is 0.746. The average molecular weight is 315 g/mol. The van der Waals surface area contributed by atoms with Gasteiger partial charge in [-0.2, -0.15) is 0 Å². The van der Waals surface area contributed by atoms with E-state index in [1.54, 1.807) is 0 Å². The Balaban J connectivity index is 1.81. The topological polar surface area (TPSA) is 12.5 Å². The molecule has 118 valence electrons. The van der Waals surface area contributed by atoms with Crippen molar-refractivity contribution in [2.24, 2.45) is 0 Å². The Morgan fingerprint density at radius 1 is 1.14 bits per heavy atom. The summed E-state index contributed by atoms with van der Waals surface area (Å²) in [5.74, 6) is 1.04. The standard InChI is InChI=1S/C19H25NOS/c1-2-21-18-11-6-5-9-16(18)15-20-13-7-3-4-10-17(20)19-12-8-14-22-19/h5-6,8-9,11-12,14,17H,2-4,7,10,13,15H2,1H3/t17-/m1/s1. The van der Waals surface area contributed by atoms with Gasteiger partial charge in [-0.05, 0) is 43.8 Å². The van der Waals surface area contributed by atoms with Gasteiger partial charge in [0.05, 0.1) is 6.61 Å². The summed E-state index contributed by atoms with van der Waals surface area (Å²) in [5, 5.41) is 2.20. The van der Waals surface area contributed by atoms with Gasteiger partial charge in [0.15, 0.2) is 0 Å². The fourth-order valence-corrected chi connectivity index (χ4v) is 4.21. The highest BCUT2D eigenvalue weighted by Gasteiger charge is 2.24. The third kappa shape index (κ3) is 3.71. The van der Waals surface area contributed by atoms with Gasteiger partial charge < -0.3 is 4.74 Å². The van der Waals surface area contributed by atoms with Crippen molar-refractivity contribution in [3.63, 3.8) is 0 Å². The van der Waals surface area contributed by atoms with Crippen LogP contribution in [0.3, 0.4) is 0 Å². The van der Waals surface area contributed by atoms with Crippen LogP contribution in [0.5, 0.6) is 5.75 Å². The summed E-state index contributed by atoms with van der Waals surface area (Å²) in [5.41, 5.74) is 1.31. The first-order chi connectivity index (χ1) is 10.9. The van der Waals surface area contributed by atoms with Crippen molar-refractivity contribution >= 4 is 11.3 Å². The zero-order chi connectivity index (χ0) is 15.2. The molecule has 1 aromatic heterocycles. The summed E-state index contributed by atoms with van der Waals surface area (Å²) in [6.45, 7) is 4.95. The number of ether oxygens (including phenoxy) is 1. The van der Waals surface area contributed by atoms with E-state index in [2.05, 4.69) is 53.6 Å². The maximum atomic E-state index is 5.81. The summed E-state index contributed by atoms with van der Waals surface area (Å²) in [7, 11) is 0. The maximum absolute atomic E-state index is 5.81. The van der Waals surface area contributed by atoms with E-state index < -0.39 is 0 Å². The van der Waals surface area contributed by atoms with Gasteiger partial charge in [-0.15, -0.1) is 11.3 Å². The van der Waals surface area contributed by atoms with Gasteiger partial charge in [-0.3, -0.25) is 4.90 Å². The van der Waals surface area contributed by atoms with Gasteiger partial charge in [0.2, 0.25) is 0 Å². The number of rotatable bonds is 5. The summed E-state index contributed by atoms with van der Waals surface area (Å²) in [4.78, 5) is 4.16. The first-order valence-corrected chi connectivity index (χ1v) is 9.24. The van der Waals surface area contributed by atoms with Crippen molar-refractivity contribution < 1.29 is 4.74 Å². The largest absolute Gasteiger partial charge is 0.494 e. The van der Waals surface area contributed by atoms with Crippen molar-refractivity contribution in [1.82, 2.24) is 4.90 Å². The van der Waals surface area contributed by atoms with Crippen LogP contribution in [0, 0.1) is 0 Å². The molecule has 1 fully saturated rings. The molecule has 2 heterocycles. The Bertz CT molecular complexity index is 567. The molecule has 1 aromatic carbocycles. The van der Waals surface area contributed by atoms with E-state index in [1.165, 1.54) is 42.7 Å². The molecule has 0 bridgehead atoms. The van der Waals surface area contributed by atoms with Gasteiger partial charge in [-0.1, -0.05) is 37.1 Å². The first kappa shape index (κ1) is 15.6. The van der Waals surface area contributed by atoms with E-state index in [0.29, 0.717) is 6.04 Å². The number of para-hydroxylation sites is 1. The minimum Gasteiger partial charge on any atom is -0.494 e. The number of benzene rings is 1. The summed E-state index contributed by atoms with van der Waals surface area (Å²) in [6, 6.07) is 13.5. The molecule has 0 saturated carbocycles. The zero-order valence-electron chi connectivity index (χ0n) is 13.3. The van der Waals surface area contributed by atoms with E-state index in [0.717, 1.165) is 18.9 Å². The SMILES string of the molecule is CCOc1ccccc1CN1CCCCC[C@@H]1c1cccs1. The molecule has 22 heavy (non-hydrogen) atoms. The lowest BCUT2D eigenvalue weighted by molar-refractivity contribution is 0.192. The minimum atomic E-state index is 0.567. The van der Waals surface area contributed by atoms with Crippen molar-refractivity contribution in [1.29, 1.82) is 0 Å². The molecule has 0 radical (unpaired) electrons. The third-order valence-corrected chi connectivity index (χ3v) is 5.35. The van der Waals surface area contributed by atoms with Gasteiger partial charge in [0, 0.05) is 23.0 Å². The summed E-state index contributed by atoms with van der Waals surface area (Å²) >= 11 is 1.89. The molecule has 1 saturated heterocycles. The van der Waals surface area contributed by atoms with Crippen molar-refractivity contribution in [2.75, 3.05) is 13.2 Å². The van der Waals surface area contributed by atoms with E-state index in [-0.39, 0.29) is 0 Å². The Morgan fingerprint density at radius 2 is 2.05 bits per heavy atom. The van der Waals surface area contributed by atoms with E-state index in [1.807, 2.05) is 11.3 Å². The molecule has 0 amide bonds. The first-order valence-electron chi connectivity index (χ1n) is 8.36. The number of thiophene rings is 1. The molecule has 0 unspecified atom stereocenters. The van der Waals surface area contributed by atoms with Crippen LogP contribution >= 0.6 is 11.3 Å². The summed E-state index contributed by atoms with van der Waals surface area (Å²) < 4.78 is 5.81. The smallest absolute Gasteiger partial charge is 0.123 e. The average Bonchev–Trinajstić information content (AvgIpc) is 2.97. The van der Waals surface area contributed by atoms with Crippen molar-refractivity contribution in [3.05, 3.63) is 52.2 Å². The number of hydrogen-bond donors (Lipinski definition) is 0. The monoisotopic (exact) mass is 315 g/mol. The molecule has 3 heteroatoms. The Labute approximate surface area is 137 Å². The number of nitrogens with zero attached hydrogens (tertiary/aromatic N) is 1. The molecule has 0 aliphatic carbocycles. The normalized spacial score (nSPS) is 19.8. The molecule has 2 nitrogen and oxygen atoms in total. The van der Waals surface area contributed by atoms with Crippen LogP contribution in [0.4, 0.5) is 0 Å². The highest BCUT2D eigenvalue weighted by Crippen LogP contribution is 2.34. The molecule has 3 rings (SSSR count). The highest BCUT2D eigenvalue weighted by molar-refractivity contribution is 7.10. The van der Waals surface area contributed by atoms with Crippen LogP contribution in [-0.4, -0.2) is 18.1 Å². The molecule has 0 N–H and O–H groups in total. The maximum Gasteiger partial charge on any atom is 0.123 e. The Morgan fingerprint density at radius 3 is 2.86 bits per heavy atom. The third-order valence-electron chi connectivity index (χ3n) is 4.38. The van der Waals surface area contributed by atoms with Crippen LogP contribution in [-0.2, 0) is 6.54 Å². The van der Waals surface area contributed by atoms with E-state index in [9.17, 15) is 0 Å². The number of hydrogen-bond acceptors (Lipinski definition) is 3. The van der Waals surface area contributed by atoms with Crippen molar-refractivity contribution in [3.8, 4) is 5.75 Å². The lowest BCUT2D eigenvalue weighted by Crippen LogP contribution is -2.27. The number of likely N-dealkylation sites (tertiary alicyclic amines) is 1. The molecular weight excluding hydrogens is 290 g/mol. The van der Waals surface area contributed by atoms with E-state index >= 15 is 0 Å². The van der Waals surface area contributed by atoms with Crippen LogP contribution in [0.1, 0.15) is 49.1 Å². The second-order valence-electron chi connectivity index (χ2n) is 5.89. The second-order valence-corrected chi connectivity index (χ2v) is 6.87. The highest BCUT2D eigenvalue weighted by atomic mass is 32.1. The van der Waals surface area contributed by atoms with Gasteiger partial charge in [0.25, 0.3) is 0 Å². The Kier molecular flexibility index (Phi) is 5.52. The lowest BCUT2D eigenvalue weighted by Gasteiger charge is -2.30. The van der Waals surface area contributed by atoms with Crippen LogP contribution in [0.15, 0.2) is 41.8 Å². The fraction of sp³-hybridized carbons (Fsp3) is 0.474. The van der Waals surface area contributed by atoms with Gasteiger partial charge >= 0.3 is 0 Å². The molecule has 1 aliphatic rings. The van der Waals surface area contributed by atoms with E-state index in [4.69, 9.17) is 4.74 Å². The van der Waals surface area contributed by atoms with Gasteiger partial charge in [0.1, 0.15) is 5.75 Å². The minimum absolute atomic E-state index is 0.567. The Hall–Kier alpha value is -1.32. The summed E-state index contributed by atoms with van der Waals surface area (Å²) in [6.07, 6.45) is 5.27. The van der Waals surface area contributed by atoms with Crippen LogP contribution < -0.4 is 4.74 Å². The molecule has 1 aliphatic heterocycles. The molecule has 0 spiro atoms. The van der Waals surface area contributed by atoms with Crippen LogP contribution in [0.2, 0.25) is 0 Å².